The first-order valence-corrected chi connectivity index (χ1v) is 9.67. The van der Waals surface area contributed by atoms with Gasteiger partial charge in [-0.3, -0.25) is 4.98 Å². The highest BCUT2D eigenvalue weighted by atomic mass is 15.1. The number of nitriles is 1. The van der Waals surface area contributed by atoms with E-state index < -0.39 is 0 Å². The van der Waals surface area contributed by atoms with E-state index in [0.717, 1.165) is 52.2 Å². The van der Waals surface area contributed by atoms with Gasteiger partial charge in [-0.05, 0) is 43.9 Å². The van der Waals surface area contributed by atoms with Crippen LogP contribution in [-0.4, -0.2) is 47.0 Å². The van der Waals surface area contributed by atoms with E-state index in [-0.39, 0.29) is 0 Å². The monoisotopic (exact) mass is 397 g/mol. The zero-order chi connectivity index (χ0) is 21.1. The lowest BCUT2D eigenvalue weighted by molar-refractivity contribution is 0.425. The van der Waals surface area contributed by atoms with Gasteiger partial charge in [0.2, 0.25) is 0 Å². The number of H-pyrrole nitrogens is 1. The summed E-state index contributed by atoms with van der Waals surface area (Å²) in [6, 6.07) is 13.8. The maximum atomic E-state index is 9.30. The second kappa shape index (κ2) is 8.23. The Morgan fingerprint density at radius 3 is 2.77 bits per heavy atom. The first kappa shape index (κ1) is 19.4. The van der Waals surface area contributed by atoms with E-state index in [2.05, 4.69) is 32.3 Å². The zero-order valence-corrected chi connectivity index (χ0v) is 17.0. The number of likely N-dealkylation sites (N-methyl/N-ethyl adjacent to an activating group) is 1. The van der Waals surface area contributed by atoms with E-state index >= 15 is 0 Å². The van der Waals surface area contributed by atoms with Gasteiger partial charge in [-0.25, -0.2) is 4.98 Å². The van der Waals surface area contributed by atoms with Crippen LogP contribution < -0.4 is 11.1 Å². The Morgan fingerprint density at radius 1 is 1.13 bits per heavy atom. The van der Waals surface area contributed by atoms with Crippen LogP contribution in [0.4, 0.5) is 11.5 Å². The third-order valence-electron chi connectivity index (χ3n) is 4.96. The molecule has 7 nitrogen and oxygen atoms in total. The fraction of sp³-hybridized carbons (Fsp3) is 0.174. The van der Waals surface area contributed by atoms with Gasteiger partial charge in [-0.15, -0.1) is 0 Å². The highest BCUT2D eigenvalue weighted by Gasteiger charge is 2.11. The number of nitrogen functional groups attached to an aromatic ring is 1. The predicted molar refractivity (Wildman–Crippen MR) is 121 cm³/mol. The molecule has 150 valence electrons. The van der Waals surface area contributed by atoms with Crippen molar-refractivity contribution in [3.8, 4) is 28.5 Å². The largest absolute Gasteiger partial charge is 0.398 e. The molecule has 0 aliphatic heterocycles. The molecular weight excluding hydrogens is 374 g/mol. The third-order valence-corrected chi connectivity index (χ3v) is 4.96. The normalized spacial score (nSPS) is 11.0. The Labute approximate surface area is 175 Å². The first-order valence-electron chi connectivity index (χ1n) is 9.67. The lowest BCUT2D eigenvalue weighted by atomic mass is 10.00. The van der Waals surface area contributed by atoms with Crippen molar-refractivity contribution in [2.45, 2.75) is 0 Å². The van der Waals surface area contributed by atoms with Crippen molar-refractivity contribution in [3.63, 3.8) is 0 Å². The quantitative estimate of drug-likeness (QED) is 0.428. The number of nitrogens with two attached hydrogens (primary N) is 1. The van der Waals surface area contributed by atoms with Crippen LogP contribution in [0.3, 0.4) is 0 Å². The summed E-state index contributed by atoms with van der Waals surface area (Å²) in [6.45, 7) is 1.71. The Morgan fingerprint density at radius 2 is 1.97 bits per heavy atom. The van der Waals surface area contributed by atoms with Crippen LogP contribution in [0.25, 0.3) is 33.3 Å². The second-order valence-electron chi connectivity index (χ2n) is 7.40. The average molecular weight is 397 g/mol. The van der Waals surface area contributed by atoms with Gasteiger partial charge in [-0.1, -0.05) is 12.1 Å². The van der Waals surface area contributed by atoms with Crippen LogP contribution in [0, 0.1) is 11.3 Å². The minimum absolute atomic E-state index is 0.473. The van der Waals surface area contributed by atoms with Gasteiger partial charge in [0.1, 0.15) is 11.9 Å². The van der Waals surface area contributed by atoms with Crippen molar-refractivity contribution >= 4 is 22.4 Å². The van der Waals surface area contributed by atoms with E-state index in [1.54, 1.807) is 18.5 Å². The van der Waals surface area contributed by atoms with Crippen LogP contribution >= 0.6 is 0 Å². The second-order valence-corrected chi connectivity index (χ2v) is 7.40. The molecule has 0 aliphatic rings. The molecule has 0 bridgehead atoms. The summed E-state index contributed by atoms with van der Waals surface area (Å²) in [7, 11) is 4.07. The molecule has 0 saturated heterocycles. The van der Waals surface area contributed by atoms with E-state index in [9.17, 15) is 5.26 Å². The Hall–Kier alpha value is -3.89. The van der Waals surface area contributed by atoms with Gasteiger partial charge in [-0.2, -0.15) is 5.26 Å². The molecule has 30 heavy (non-hydrogen) atoms. The number of nitrogens with one attached hydrogen (secondary N) is 2. The molecule has 4 N–H and O–H groups in total. The number of anilines is 2. The zero-order valence-electron chi connectivity index (χ0n) is 17.0. The first-order chi connectivity index (χ1) is 14.5. The lowest BCUT2D eigenvalue weighted by Crippen LogP contribution is -2.21. The number of nitrogens with zero attached hydrogens (tertiary/aromatic N) is 4. The minimum atomic E-state index is 0.473. The number of benzene rings is 2. The summed E-state index contributed by atoms with van der Waals surface area (Å²) < 4.78 is 0. The molecule has 4 rings (SSSR count). The summed E-state index contributed by atoms with van der Waals surface area (Å²) in [5.41, 5.74) is 11.6. The van der Waals surface area contributed by atoms with E-state index in [1.807, 2.05) is 44.6 Å². The summed E-state index contributed by atoms with van der Waals surface area (Å²) in [5.74, 6) is 0.751. The molecule has 0 amide bonds. The van der Waals surface area contributed by atoms with E-state index in [4.69, 9.17) is 10.7 Å². The SMILES string of the molecule is CN(C)CCNc1cncc(-c2ccc3[nH]cc(-c4ccc(N)c(C#N)c4)c3c2)n1. The van der Waals surface area contributed by atoms with Gasteiger partial charge >= 0.3 is 0 Å². The van der Waals surface area contributed by atoms with Gasteiger partial charge in [0.15, 0.2) is 0 Å². The fourth-order valence-corrected chi connectivity index (χ4v) is 3.34. The van der Waals surface area contributed by atoms with Crippen molar-refractivity contribution in [2.75, 3.05) is 38.2 Å². The Kier molecular flexibility index (Phi) is 5.33. The molecule has 0 aliphatic carbocycles. The number of aromatic amines is 1. The maximum Gasteiger partial charge on any atom is 0.145 e. The molecule has 2 heterocycles. The summed E-state index contributed by atoms with van der Waals surface area (Å²) in [5, 5.41) is 13.7. The minimum Gasteiger partial charge on any atom is -0.398 e. The van der Waals surface area contributed by atoms with E-state index in [1.165, 1.54) is 0 Å². The molecule has 7 heteroatoms. The van der Waals surface area contributed by atoms with Crippen LogP contribution in [0.15, 0.2) is 55.0 Å². The highest BCUT2D eigenvalue weighted by Crippen LogP contribution is 2.33. The molecule has 2 aromatic carbocycles. The summed E-state index contributed by atoms with van der Waals surface area (Å²) >= 11 is 0. The summed E-state index contributed by atoms with van der Waals surface area (Å²) in [6.07, 6.45) is 5.45. The topological polar surface area (TPSA) is 107 Å². The van der Waals surface area contributed by atoms with Crippen LogP contribution in [0.2, 0.25) is 0 Å². The van der Waals surface area contributed by atoms with Crippen LogP contribution in [0.1, 0.15) is 5.56 Å². The van der Waals surface area contributed by atoms with Crippen LogP contribution in [0.5, 0.6) is 0 Å². The average Bonchev–Trinajstić information content (AvgIpc) is 3.17. The van der Waals surface area contributed by atoms with Crippen molar-refractivity contribution in [1.29, 1.82) is 5.26 Å². The van der Waals surface area contributed by atoms with Crippen molar-refractivity contribution in [3.05, 3.63) is 60.6 Å². The van der Waals surface area contributed by atoms with Gasteiger partial charge in [0.05, 0.1) is 23.7 Å². The van der Waals surface area contributed by atoms with Gasteiger partial charge < -0.3 is 20.9 Å². The molecule has 0 spiro atoms. The Balaban J connectivity index is 1.69. The number of aromatic nitrogens is 3. The number of hydrogen-bond acceptors (Lipinski definition) is 6. The van der Waals surface area contributed by atoms with Gasteiger partial charge in [0, 0.05) is 47.0 Å². The maximum absolute atomic E-state index is 9.30. The van der Waals surface area contributed by atoms with Crippen molar-refractivity contribution < 1.29 is 0 Å². The predicted octanol–water partition coefficient (Wildman–Crippen LogP) is 3.72. The third kappa shape index (κ3) is 3.95. The fourth-order valence-electron chi connectivity index (χ4n) is 3.34. The van der Waals surface area contributed by atoms with Crippen molar-refractivity contribution in [2.24, 2.45) is 0 Å². The molecule has 0 unspecified atom stereocenters. The lowest BCUT2D eigenvalue weighted by Gasteiger charge is -2.11. The van der Waals surface area contributed by atoms with Crippen LogP contribution in [-0.2, 0) is 0 Å². The molecule has 0 atom stereocenters. The molecule has 0 saturated carbocycles. The Bertz CT molecular complexity index is 1230. The molecule has 0 fully saturated rings. The number of rotatable bonds is 6. The van der Waals surface area contributed by atoms with Gasteiger partial charge in [0.25, 0.3) is 0 Å². The number of fused-ring (bicyclic) bond motifs is 1. The molecular formula is C23H23N7. The van der Waals surface area contributed by atoms with E-state index in [0.29, 0.717) is 11.3 Å². The summed E-state index contributed by atoms with van der Waals surface area (Å²) in [4.78, 5) is 14.5. The number of hydrogen-bond donors (Lipinski definition) is 3. The molecule has 2 aromatic heterocycles. The molecule has 4 aromatic rings. The standard InChI is InChI=1S/C23H23N7/c1-30(2)8-7-27-23-14-26-13-22(29-23)16-4-6-21-18(10-16)19(12-28-21)15-3-5-20(25)17(9-15)11-24/h3-6,9-10,12-14,28H,7-8,25H2,1-2H3,(H,27,29). The van der Waals surface area contributed by atoms with Crippen molar-refractivity contribution in [1.82, 2.24) is 19.9 Å². The highest BCUT2D eigenvalue weighted by molar-refractivity contribution is 5.98. The molecule has 0 radical (unpaired) electrons. The smallest absolute Gasteiger partial charge is 0.145 e.